The molecule has 0 spiro atoms. The molecule has 0 aliphatic heterocycles. The zero-order chi connectivity index (χ0) is 23.6. The summed E-state index contributed by atoms with van der Waals surface area (Å²) in [5.74, 6) is 0.663. The van der Waals surface area contributed by atoms with Crippen molar-refractivity contribution in [1.29, 1.82) is 0 Å². The third kappa shape index (κ3) is 7.09. The number of pyridine rings is 1. The Morgan fingerprint density at radius 3 is 2.47 bits per heavy atom. The third-order valence-electron chi connectivity index (χ3n) is 5.70. The van der Waals surface area contributed by atoms with Gasteiger partial charge in [-0.15, -0.1) is 0 Å². The van der Waals surface area contributed by atoms with E-state index in [0.29, 0.717) is 12.4 Å². The highest BCUT2D eigenvalue weighted by atomic mass is 32.2. The third-order valence-corrected chi connectivity index (χ3v) is 7.05. The van der Waals surface area contributed by atoms with Gasteiger partial charge in [-0.25, -0.2) is 4.98 Å². The van der Waals surface area contributed by atoms with Gasteiger partial charge in [-0.05, 0) is 54.7 Å². The van der Waals surface area contributed by atoms with Gasteiger partial charge < -0.3 is 9.84 Å². The lowest BCUT2D eigenvalue weighted by Gasteiger charge is -2.17. The molecule has 0 bridgehead atoms. The van der Waals surface area contributed by atoms with Gasteiger partial charge in [0, 0.05) is 16.4 Å². The summed E-state index contributed by atoms with van der Waals surface area (Å²) >= 11 is 1.72. The molecule has 1 atom stereocenters. The summed E-state index contributed by atoms with van der Waals surface area (Å²) in [5.41, 5.74) is 4.41. The van der Waals surface area contributed by atoms with Crippen LogP contribution in [0.3, 0.4) is 0 Å². The van der Waals surface area contributed by atoms with E-state index in [1.165, 1.54) is 11.1 Å². The molecule has 1 N–H and O–H groups in total. The van der Waals surface area contributed by atoms with Gasteiger partial charge in [-0.1, -0.05) is 66.7 Å². The van der Waals surface area contributed by atoms with Crippen molar-refractivity contribution in [3.05, 3.63) is 108 Å². The minimum atomic E-state index is -0.749. The Hall–Kier alpha value is -3.31. The summed E-state index contributed by atoms with van der Waals surface area (Å²) in [7, 11) is 0. The Balaban J connectivity index is 1.35. The number of aromatic nitrogens is 1. The zero-order valence-electron chi connectivity index (χ0n) is 19.1. The molecule has 0 aliphatic rings. The van der Waals surface area contributed by atoms with Crippen molar-refractivity contribution in [2.24, 2.45) is 0 Å². The van der Waals surface area contributed by atoms with Gasteiger partial charge >= 0.3 is 5.97 Å². The molecule has 0 radical (unpaired) electrons. The van der Waals surface area contributed by atoms with E-state index in [2.05, 4.69) is 53.5 Å². The van der Waals surface area contributed by atoms with Crippen molar-refractivity contribution in [2.45, 2.75) is 37.5 Å². The van der Waals surface area contributed by atoms with Gasteiger partial charge in [0.2, 0.25) is 0 Å². The van der Waals surface area contributed by atoms with E-state index >= 15 is 0 Å². The quantitative estimate of drug-likeness (QED) is 0.239. The highest BCUT2D eigenvalue weighted by Crippen LogP contribution is 2.35. The number of carboxylic acids is 1. The molecule has 1 aromatic heterocycles. The van der Waals surface area contributed by atoms with Gasteiger partial charge in [0.25, 0.3) is 0 Å². The number of thioether (sulfide) groups is 1. The normalized spacial score (nSPS) is 11.9. The van der Waals surface area contributed by atoms with E-state index < -0.39 is 5.97 Å². The molecule has 1 heterocycles. The fraction of sp³-hybridized carbons (Fsp3) is 0.241. The van der Waals surface area contributed by atoms with Crippen LogP contribution in [0.5, 0.6) is 5.75 Å². The van der Waals surface area contributed by atoms with Crippen molar-refractivity contribution >= 4 is 28.6 Å². The van der Waals surface area contributed by atoms with E-state index in [0.717, 1.165) is 41.6 Å². The standard InChI is InChI=1S/C29H29NO3S/c31-29(32)19-20-34-28(12-6-9-22-7-2-1-3-8-22)24-14-17-26(18-15-24)33-21-25-16-13-23-10-4-5-11-27(23)30-25/h1-5,7-8,10-11,13-18,28H,6,9,12,19-21H2,(H,31,32). The van der Waals surface area contributed by atoms with Crippen LogP contribution < -0.4 is 4.74 Å². The van der Waals surface area contributed by atoms with Crippen molar-refractivity contribution < 1.29 is 14.6 Å². The number of carboxylic acid groups (broad SMARTS) is 1. The fourth-order valence-electron chi connectivity index (χ4n) is 3.90. The Kier molecular flexibility index (Phi) is 8.58. The van der Waals surface area contributed by atoms with Crippen LogP contribution in [0.15, 0.2) is 91.0 Å². The van der Waals surface area contributed by atoms with Crippen LogP contribution in [-0.4, -0.2) is 21.8 Å². The number of benzene rings is 3. The molecule has 0 amide bonds. The number of ether oxygens (including phenoxy) is 1. The first-order chi connectivity index (χ1) is 16.7. The molecule has 0 fully saturated rings. The monoisotopic (exact) mass is 471 g/mol. The van der Waals surface area contributed by atoms with E-state index in [-0.39, 0.29) is 11.7 Å². The summed E-state index contributed by atoms with van der Waals surface area (Å²) in [4.78, 5) is 15.7. The van der Waals surface area contributed by atoms with Gasteiger partial charge in [0.1, 0.15) is 12.4 Å². The van der Waals surface area contributed by atoms with E-state index in [1.54, 1.807) is 11.8 Å². The van der Waals surface area contributed by atoms with Crippen LogP contribution in [0.4, 0.5) is 0 Å². The lowest BCUT2D eigenvalue weighted by Crippen LogP contribution is -2.02. The lowest BCUT2D eigenvalue weighted by molar-refractivity contribution is -0.136. The van der Waals surface area contributed by atoms with Crippen LogP contribution in [0, 0.1) is 0 Å². The van der Waals surface area contributed by atoms with Crippen LogP contribution >= 0.6 is 11.8 Å². The molecule has 3 aromatic carbocycles. The molecule has 5 heteroatoms. The maximum atomic E-state index is 11.0. The van der Waals surface area contributed by atoms with Crippen molar-refractivity contribution in [3.8, 4) is 5.75 Å². The number of hydrogen-bond acceptors (Lipinski definition) is 4. The summed E-state index contributed by atoms with van der Waals surface area (Å²) < 4.78 is 5.98. The number of rotatable bonds is 12. The number of aliphatic carboxylic acids is 1. The first kappa shape index (κ1) is 23.8. The first-order valence-corrected chi connectivity index (χ1v) is 12.7. The highest BCUT2D eigenvalue weighted by molar-refractivity contribution is 7.99. The number of aryl methyl sites for hydroxylation is 1. The smallest absolute Gasteiger partial charge is 0.304 e. The second kappa shape index (κ2) is 12.2. The second-order valence-electron chi connectivity index (χ2n) is 8.23. The molecule has 4 rings (SSSR count). The first-order valence-electron chi connectivity index (χ1n) is 11.6. The molecule has 0 aliphatic carbocycles. The summed E-state index contributed by atoms with van der Waals surface area (Å²) in [6.07, 6.45) is 3.26. The van der Waals surface area contributed by atoms with E-state index in [9.17, 15) is 4.79 Å². The van der Waals surface area contributed by atoms with Crippen molar-refractivity contribution in [3.63, 3.8) is 0 Å². The van der Waals surface area contributed by atoms with Gasteiger partial charge in [-0.2, -0.15) is 11.8 Å². The molecule has 174 valence electrons. The number of fused-ring (bicyclic) bond motifs is 1. The summed E-state index contributed by atoms with van der Waals surface area (Å²) in [5, 5.41) is 10.4. The predicted octanol–water partition coefficient (Wildman–Crippen LogP) is 7.09. The number of hydrogen-bond donors (Lipinski definition) is 1. The molecule has 1 unspecified atom stereocenters. The predicted molar refractivity (Wildman–Crippen MR) is 139 cm³/mol. The largest absolute Gasteiger partial charge is 0.487 e. The molecule has 0 saturated carbocycles. The average Bonchev–Trinajstić information content (AvgIpc) is 2.87. The summed E-state index contributed by atoms with van der Waals surface area (Å²) in [6, 6.07) is 30.8. The molecule has 4 aromatic rings. The van der Waals surface area contributed by atoms with Crippen molar-refractivity contribution in [1.82, 2.24) is 4.98 Å². The van der Waals surface area contributed by atoms with Crippen LogP contribution in [0.2, 0.25) is 0 Å². The topological polar surface area (TPSA) is 59.4 Å². The number of nitrogens with zero attached hydrogens (tertiary/aromatic N) is 1. The number of carbonyl (C=O) groups is 1. The molecular formula is C29H29NO3S. The maximum Gasteiger partial charge on any atom is 0.304 e. The molecule has 34 heavy (non-hydrogen) atoms. The maximum absolute atomic E-state index is 11.0. The van der Waals surface area contributed by atoms with E-state index in [4.69, 9.17) is 9.84 Å². The van der Waals surface area contributed by atoms with Crippen LogP contribution in [0.1, 0.15) is 41.3 Å². The van der Waals surface area contributed by atoms with Gasteiger partial charge in [0.15, 0.2) is 0 Å². The Morgan fingerprint density at radius 1 is 0.912 bits per heavy atom. The highest BCUT2D eigenvalue weighted by Gasteiger charge is 2.13. The Bertz CT molecular complexity index is 1190. The van der Waals surface area contributed by atoms with Gasteiger partial charge in [0.05, 0.1) is 17.6 Å². The Labute approximate surface area is 205 Å². The van der Waals surface area contributed by atoms with Crippen LogP contribution in [0.25, 0.3) is 10.9 Å². The van der Waals surface area contributed by atoms with E-state index in [1.807, 2.05) is 42.5 Å². The minimum absolute atomic E-state index is 0.180. The number of para-hydroxylation sites is 1. The summed E-state index contributed by atoms with van der Waals surface area (Å²) in [6.45, 7) is 0.415. The fourth-order valence-corrected chi connectivity index (χ4v) is 5.16. The second-order valence-corrected chi connectivity index (χ2v) is 9.54. The minimum Gasteiger partial charge on any atom is -0.487 e. The Morgan fingerprint density at radius 2 is 1.68 bits per heavy atom. The zero-order valence-corrected chi connectivity index (χ0v) is 19.9. The van der Waals surface area contributed by atoms with Gasteiger partial charge in [-0.3, -0.25) is 4.79 Å². The lowest BCUT2D eigenvalue weighted by atomic mass is 10.0. The molecule has 4 nitrogen and oxygen atoms in total. The average molecular weight is 472 g/mol. The SMILES string of the molecule is O=C(O)CCSC(CCCc1ccccc1)c1ccc(OCc2ccc3ccccc3n2)cc1. The molecular weight excluding hydrogens is 442 g/mol. The van der Waals surface area contributed by atoms with Crippen molar-refractivity contribution in [2.75, 3.05) is 5.75 Å². The van der Waals surface area contributed by atoms with Crippen LogP contribution in [-0.2, 0) is 17.8 Å². The molecule has 0 saturated heterocycles.